The molecular weight excluding hydrogens is 381 g/mol. The van der Waals surface area contributed by atoms with Crippen molar-refractivity contribution in [1.82, 2.24) is 0 Å². The van der Waals surface area contributed by atoms with Crippen LogP contribution < -0.4 is 4.90 Å². The molecule has 0 aromatic heterocycles. The van der Waals surface area contributed by atoms with Crippen molar-refractivity contribution in [1.29, 1.82) is 0 Å². The van der Waals surface area contributed by atoms with Gasteiger partial charge in [-0.25, -0.2) is 0 Å². The molecule has 25 heavy (non-hydrogen) atoms. The third-order valence-electron chi connectivity index (χ3n) is 3.47. The molecule has 1 heterocycles. The Morgan fingerprint density at radius 3 is 2.00 bits per heavy atom. The number of nitrogens with zero attached hydrogens (tertiary/aromatic N) is 2. The zero-order valence-electron chi connectivity index (χ0n) is 17.2. The van der Waals surface area contributed by atoms with Crippen molar-refractivity contribution in [3.05, 3.63) is 59.2 Å². The van der Waals surface area contributed by atoms with Crippen LogP contribution in [0.3, 0.4) is 0 Å². The summed E-state index contributed by atoms with van der Waals surface area (Å²) in [6, 6.07) is 14.6. The molecule has 0 fully saturated rings. The SMILES string of the molecule is CC.CC.Cc1ccc(N(C)C)cc1C.[C-]1=Nc2ccccc2C1.[Y]. The van der Waals surface area contributed by atoms with E-state index in [0.717, 1.165) is 12.1 Å². The van der Waals surface area contributed by atoms with Gasteiger partial charge in [0, 0.05) is 52.5 Å². The van der Waals surface area contributed by atoms with Gasteiger partial charge in [0.05, 0.1) is 0 Å². The molecule has 2 aromatic rings. The van der Waals surface area contributed by atoms with E-state index in [0.29, 0.717) is 0 Å². The summed E-state index contributed by atoms with van der Waals surface area (Å²) in [5.74, 6) is 0. The molecule has 2 nitrogen and oxygen atoms in total. The molecule has 0 saturated carbocycles. The van der Waals surface area contributed by atoms with Crippen LogP contribution in [0.15, 0.2) is 47.5 Å². The number of aliphatic imine (C=N–C) groups is 1. The van der Waals surface area contributed by atoms with E-state index >= 15 is 0 Å². The van der Waals surface area contributed by atoms with E-state index in [1.807, 2.05) is 45.9 Å². The quantitative estimate of drug-likeness (QED) is 0.504. The van der Waals surface area contributed by atoms with E-state index in [9.17, 15) is 0 Å². The molecular formula is C22H33N2Y-. The number of anilines is 1. The minimum Gasteiger partial charge on any atom is -0.456 e. The fourth-order valence-electron chi connectivity index (χ4n) is 1.98. The normalized spacial score (nSPS) is 9.76. The maximum Gasteiger partial charge on any atom is 0.0363 e. The van der Waals surface area contributed by atoms with Gasteiger partial charge in [-0.1, -0.05) is 64.1 Å². The molecule has 1 aliphatic rings. The largest absolute Gasteiger partial charge is 0.456 e. The first-order valence-corrected chi connectivity index (χ1v) is 8.84. The number of rotatable bonds is 1. The summed E-state index contributed by atoms with van der Waals surface area (Å²) < 4.78 is 0. The van der Waals surface area contributed by atoms with Crippen molar-refractivity contribution >= 4 is 17.6 Å². The third-order valence-corrected chi connectivity index (χ3v) is 3.47. The summed E-state index contributed by atoms with van der Waals surface area (Å²) in [7, 11) is 4.12. The van der Waals surface area contributed by atoms with Gasteiger partial charge in [0.2, 0.25) is 0 Å². The van der Waals surface area contributed by atoms with E-state index in [2.05, 4.69) is 68.3 Å². The van der Waals surface area contributed by atoms with Gasteiger partial charge in [-0.15, -0.1) is 11.6 Å². The van der Waals surface area contributed by atoms with Crippen molar-refractivity contribution in [3.63, 3.8) is 0 Å². The molecule has 0 aliphatic carbocycles. The minimum atomic E-state index is 0. The van der Waals surface area contributed by atoms with E-state index in [4.69, 9.17) is 0 Å². The molecule has 1 aliphatic heterocycles. The van der Waals surface area contributed by atoms with Crippen LogP contribution in [0.1, 0.15) is 44.4 Å². The molecule has 2 aromatic carbocycles. The summed E-state index contributed by atoms with van der Waals surface area (Å²) >= 11 is 0. The third kappa shape index (κ3) is 9.32. The van der Waals surface area contributed by atoms with Gasteiger partial charge < -0.3 is 9.89 Å². The number of para-hydroxylation sites is 1. The topological polar surface area (TPSA) is 15.6 Å². The monoisotopic (exact) mass is 414 g/mol. The Morgan fingerprint density at radius 1 is 0.880 bits per heavy atom. The predicted molar refractivity (Wildman–Crippen MR) is 110 cm³/mol. The Labute approximate surface area is 180 Å². The van der Waals surface area contributed by atoms with Gasteiger partial charge in [0.25, 0.3) is 0 Å². The van der Waals surface area contributed by atoms with Crippen LogP contribution in [0.5, 0.6) is 0 Å². The Morgan fingerprint density at radius 2 is 1.48 bits per heavy atom. The predicted octanol–water partition coefficient (Wildman–Crippen LogP) is 6.24. The average molecular weight is 414 g/mol. The maximum atomic E-state index is 4.05. The van der Waals surface area contributed by atoms with Crippen molar-refractivity contribution in [3.8, 4) is 0 Å². The first kappa shape index (κ1) is 26.2. The second-order valence-electron chi connectivity index (χ2n) is 5.24. The van der Waals surface area contributed by atoms with E-state index in [1.165, 1.54) is 22.4 Å². The first-order valence-electron chi connectivity index (χ1n) is 8.84. The van der Waals surface area contributed by atoms with Gasteiger partial charge in [-0.2, -0.15) is 6.21 Å². The number of fused-ring (bicyclic) bond motifs is 1. The summed E-state index contributed by atoms with van der Waals surface area (Å²) in [5, 5.41) is 0. The molecule has 135 valence electrons. The van der Waals surface area contributed by atoms with Crippen molar-refractivity contribution in [2.24, 2.45) is 4.99 Å². The molecule has 0 bridgehead atoms. The second kappa shape index (κ2) is 15.3. The number of benzene rings is 2. The second-order valence-corrected chi connectivity index (χ2v) is 5.24. The standard InChI is InChI=1S/C10H15N.C8H6N.2C2H6.Y/c1-8-5-6-10(11(3)4)7-9(8)2;1-2-4-8-7(3-1)5-6-9-8;2*1-2;/h5-7H,1-4H3;1-4H,5H2;2*1-2H3;/q;-1;;;. The van der Waals surface area contributed by atoms with E-state index < -0.39 is 0 Å². The van der Waals surface area contributed by atoms with Crippen LogP contribution in [0.4, 0.5) is 11.4 Å². The fourth-order valence-corrected chi connectivity index (χ4v) is 1.98. The van der Waals surface area contributed by atoms with Crippen molar-refractivity contribution < 1.29 is 32.7 Å². The molecule has 0 N–H and O–H groups in total. The first-order chi connectivity index (χ1) is 11.6. The molecule has 0 saturated heterocycles. The molecule has 0 atom stereocenters. The zero-order valence-corrected chi connectivity index (χ0v) is 20.1. The van der Waals surface area contributed by atoms with E-state index in [-0.39, 0.29) is 32.7 Å². The summed E-state index contributed by atoms with van der Waals surface area (Å²) in [6.07, 6.45) is 3.80. The Hall–Kier alpha value is -0.986. The molecule has 3 heteroatoms. The Bertz CT molecular complexity index is 619. The van der Waals surface area contributed by atoms with Gasteiger partial charge in [0.15, 0.2) is 0 Å². The fraction of sp³-hybridized carbons (Fsp3) is 0.409. The molecule has 0 unspecified atom stereocenters. The maximum absolute atomic E-state index is 4.05. The molecule has 3 rings (SSSR count). The number of hydrogen-bond donors (Lipinski definition) is 0. The van der Waals surface area contributed by atoms with E-state index in [1.54, 1.807) is 0 Å². The smallest absolute Gasteiger partial charge is 0.0363 e. The van der Waals surface area contributed by atoms with Crippen LogP contribution in [-0.2, 0) is 39.1 Å². The minimum absolute atomic E-state index is 0. The number of aryl methyl sites for hydroxylation is 2. The molecule has 1 radical (unpaired) electrons. The Kier molecular flexibility index (Phi) is 16.0. The summed E-state index contributed by atoms with van der Waals surface area (Å²) in [4.78, 5) is 6.17. The van der Waals surface area contributed by atoms with Crippen LogP contribution in [-0.4, -0.2) is 20.3 Å². The zero-order chi connectivity index (χ0) is 18.5. The van der Waals surface area contributed by atoms with Crippen LogP contribution in [0.2, 0.25) is 0 Å². The number of hydrogen-bond acceptors (Lipinski definition) is 2. The van der Waals surface area contributed by atoms with Crippen LogP contribution >= 0.6 is 0 Å². The van der Waals surface area contributed by atoms with Crippen molar-refractivity contribution in [2.45, 2.75) is 48.0 Å². The van der Waals surface area contributed by atoms with Gasteiger partial charge in [-0.3, -0.25) is 0 Å². The average Bonchev–Trinajstić information content (AvgIpc) is 3.10. The van der Waals surface area contributed by atoms with Crippen LogP contribution in [0, 0.1) is 13.8 Å². The van der Waals surface area contributed by atoms with Crippen LogP contribution in [0.25, 0.3) is 0 Å². The Balaban J connectivity index is 0. The van der Waals surface area contributed by atoms with Gasteiger partial charge in [0.1, 0.15) is 0 Å². The molecule has 0 spiro atoms. The summed E-state index contributed by atoms with van der Waals surface area (Å²) in [6.45, 7) is 12.3. The van der Waals surface area contributed by atoms with Gasteiger partial charge in [-0.05, 0) is 37.1 Å². The summed E-state index contributed by atoms with van der Waals surface area (Å²) in [5.41, 5.74) is 6.36. The van der Waals surface area contributed by atoms with Crippen molar-refractivity contribution in [2.75, 3.05) is 19.0 Å². The molecule has 0 amide bonds. The van der Waals surface area contributed by atoms with Gasteiger partial charge >= 0.3 is 0 Å².